The molecule has 8 heteroatoms. The van der Waals surface area contributed by atoms with Crippen LogP contribution in [-0.2, 0) is 16.1 Å². The molecule has 3 aromatic rings. The minimum Gasteiger partial charge on any atom is -0.486 e. The van der Waals surface area contributed by atoms with E-state index in [1.807, 2.05) is 34.5 Å². The second-order valence-corrected chi connectivity index (χ2v) is 8.26. The van der Waals surface area contributed by atoms with Gasteiger partial charge >= 0.3 is 0 Å². The third-order valence-corrected chi connectivity index (χ3v) is 6.24. The van der Waals surface area contributed by atoms with Crippen molar-refractivity contribution in [2.75, 3.05) is 26.3 Å². The molecule has 1 aromatic carbocycles. The van der Waals surface area contributed by atoms with Gasteiger partial charge in [0, 0.05) is 36.9 Å². The SMILES string of the molecule is O=C(c1ccc(OCc2nc(-c3ccco3)cs2)cc1)N1CCC2(CC1)OCCO2. The minimum absolute atomic E-state index is 0.0254. The quantitative estimate of drug-likeness (QED) is 0.615. The molecule has 0 saturated carbocycles. The van der Waals surface area contributed by atoms with Crippen molar-refractivity contribution in [3.8, 4) is 17.2 Å². The van der Waals surface area contributed by atoms with Gasteiger partial charge in [0.25, 0.3) is 5.91 Å². The maximum atomic E-state index is 12.8. The zero-order chi connectivity index (χ0) is 20.4. The number of aromatic nitrogens is 1. The molecule has 0 unspecified atom stereocenters. The largest absolute Gasteiger partial charge is 0.486 e. The van der Waals surface area contributed by atoms with Gasteiger partial charge in [0.1, 0.15) is 23.1 Å². The Hall–Kier alpha value is -2.68. The van der Waals surface area contributed by atoms with Crippen LogP contribution < -0.4 is 4.74 Å². The minimum atomic E-state index is -0.471. The van der Waals surface area contributed by atoms with Gasteiger partial charge in [-0.15, -0.1) is 11.3 Å². The van der Waals surface area contributed by atoms with Crippen LogP contribution in [0.2, 0.25) is 0 Å². The monoisotopic (exact) mass is 426 g/mol. The van der Waals surface area contributed by atoms with E-state index in [1.54, 1.807) is 18.4 Å². The third kappa shape index (κ3) is 3.98. The van der Waals surface area contributed by atoms with Crippen molar-refractivity contribution in [3.05, 3.63) is 58.6 Å². The number of hydrogen-bond donors (Lipinski definition) is 0. The Bertz CT molecular complexity index is 983. The highest BCUT2D eigenvalue weighted by Gasteiger charge is 2.40. The lowest BCUT2D eigenvalue weighted by Gasteiger charge is -2.37. The summed E-state index contributed by atoms with van der Waals surface area (Å²) in [5.41, 5.74) is 1.46. The standard InChI is InChI=1S/C22H22N2O5S/c25-21(24-9-7-22(8-10-24)28-12-13-29-22)16-3-5-17(6-4-16)27-14-20-23-18(15-30-20)19-2-1-11-26-19/h1-6,11,15H,7-10,12-14H2. The van der Waals surface area contributed by atoms with Crippen LogP contribution in [0.5, 0.6) is 5.75 Å². The highest BCUT2D eigenvalue weighted by molar-refractivity contribution is 7.09. The van der Waals surface area contributed by atoms with Crippen molar-refractivity contribution in [1.82, 2.24) is 9.88 Å². The lowest BCUT2D eigenvalue weighted by atomic mass is 10.0. The number of carbonyl (C=O) groups excluding carboxylic acids is 1. The smallest absolute Gasteiger partial charge is 0.253 e. The Kier molecular flexibility index (Phi) is 5.28. The van der Waals surface area contributed by atoms with Gasteiger partial charge in [-0.05, 0) is 36.4 Å². The Morgan fingerprint density at radius 1 is 1.13 bits per heavy atom. The normalized spacial score (nSPS) is 18.1. The molecule has 0 atom stereocenters. The third-order valence-electron chi connectivity index (χ3n) is 5.41. The number of thiazole rings is 1. The predicted octanol–water partition coefficient (Wildman–Crippen LogP) is 3.96. The van der Waals surface area contributed by atoms with E-state index in [0.29, 0.717) is 57.1 Å². The highest BCUT2D eigenvalue weighted by atomic mass is 32.1. The van der Waals surface area contributed by atoms with Crippen LogP contribution >= 0.6 is 11.3 Å². The molecule has 0 bridgehead atoms. The highest BCUT2D eigenvalue weighted by Crippen LogP contribution is 2.32. The van der Waals surface area contributed by atoms with Crippen molar-refractivity contribution in [3.63, 3.8) is 0 Å². The van der Waals surface area contributed by atoms with E-state index in [-0.39, 0.29) is 5.91 Å². The van der Waals surface area contributed by atoms with E-state index in [1.165, 1.54) is 11.3 Å². The lowest BCUT2D eigenvalue weighted by Crippen LogP contribution is -2.47. The first-order chi connectivity index (χ1) is 14.7. The Labute approximate surface area is 178 Å². The van der Waals surface area contributed by atoms with Crippen molar-refractivity contribution in [2.45, 2.75) is 25.2 Å². The van der Waals surface area contributed by atoms with Crippen molar-refractivity contribution < 1.29 is 23.4 Å². The van der Waals surface area contributed by atoms with Gasteiger partial charge in [0.05, 0.1) is 19.5 Å². The summed E-state index contributed by atoms with van der Waals surface area (Å²) in [5, 5.41) is 2.81. The predicted molar refractivity (Wildman–Crippen MR) is 110 cm³/mol. The number of furan rings is 1. The average molecular weight is 426 g/mol. The maximum Gasteiger partial charge on any atom is 0.253 e. The van der Waals surface area contributed by atoms with E-state index in [4.69, 9.17) is 18.6 Å². The lowest BCUT2D eigenvalue weighted by molar-refractivity contribution is -0.181. The van der Waals surface area contributed by atoms with E-state index in [9.17, 15) is 4.79 Å². The summed E-state index contributed by atoms with van der Waals surface area (Å²) in [4.78, 5) is 19.2. The fraction of sp³-hybridized carbons (Fsp3) is 0.364. The molecule has 5 rings (SSSR count). The molecule has 1 amide bonds. The number of benzene rings is 1. The van der Waals surface area contributed by atoms with E-state index < -0.39 is 5.79 Å². The van der Waals surface area contributed by atoms with Crippen LogP contribution in [-0.4, -0.2) is 47.9 Å². The number of likely N-dealkylation sites (tertiary alicyclic amines) is 1. The average Bonchev–Trinajstić information content (AvgIpc) is 3.55. The van der Waals surface area contributed by atoms with Gasteiger partial charge in [-0.3, -0.25) is 4.79 Å². The molecule has 0 radical (unpaired) electrons. The first kappa shape index (κ1) is 19.3. The van der Waals surface area contributed by atoms with Gasteiger partial charge in [0.2, 0.25) is 0 Å². The zero-order valence-electron chi connectivity index (χ0n) is 16.4. The molecule has 2 aromatic heterocycles. The first-order valence-corrected chi connectivity index (χ1v) is 10.9. The Morgan fingerprint density at radius 2 is 1.90 bits per heavy atom. The molecular weight excluding hydrogens is 404 g/mol. The van der Waals surface area contributed by atoms with Crippen LogP contribution in [0.15, 0.2) is 52.5 Å². The Morgan fingerprint density at radius 3 is 2.60 bits per heavy atom. The molecule has 2 aliphatic rings. The van der Waals surface area contributed by atoms with E-state index in [2.05, 4.69) is 4.98 Å². The number of rotatable bonds is 5. The molecule has 4 heterocycles. The molecule has 7 nitrogen and oxygen atoms in total. The van der Waals surface area contributed by atoms with Crippen LogP contribution in [0.3, 0.4) is 0 Å². The fourth-order valence-electron chi connectivity index (χ4n) is 3.77. The van der Waals surface area contributed by atoms with E-state index in [0.717, 1.165) is 16.5 Å². The van der Waals surface area contributed by atoms with Gasteiger partial charge < -0.3 is 23.5 Å². The fourth-order valence-corrected chi connectivity index (χ4v) is 4.47. The second kappa shape index (κ2) is 8.22. The van der Waals surface area contributed by atoms with Crippen molar-refractivity contribution in [2.24, 2.45) is 0 Å². The first-order valence-electron chi connectivity index (χ1n) is 9.99. The van der Waals surface area contributed by atoms with Crippen LogP contribution in [0, 0.1) is 0 Å². The topological polar surface area (TPSA) is 74.0 Å². The maximum absolute atomic E-state index is 12.8. The molecule has 2 fully saturated rings. The summed E-state index contributed by atoms with van der Waals surface area (Å²) in [6.07, 6.45) is 3.06. The van der Waals surface area contributed by atoms with Crippen molar-refractivity contribution >= 4 is 17.2 Å². The number of piperidine rings is 1. The van der Waals surface area contributed by atoms with Gasteiger partial charge in [-0.25, -0.2) is 4.98 Å². The van der Waals surface area contributed by atoms with Crippen LogP contribution in [0.25, 0.3) is 11.5 Å². The summed E-state index contributed by atoms with van der Waals surface area (Å²) in [5.74, 6) is 1.00. The van der Waals surface area contributed by atoms with Gasteiger partial charge in [-0.2, -0.15) is 0 Å². The van der Waals surface area contributed by atoms with Crippen LogP contribution in [0.1, 0.15) is 28.2 Å². The van der Waals surface area contributed by atoms with E-state index >= 15 is 0 Å². The molecule has 0 aliphatic carbocycles. The molecular formula is C22H22N2O5S. The molecule has 1 spiro atoms. The summed E-state index contributed by atoms with van der Waals surface area (Å²) in [6, 6.07) is 11.0. The number of amides is 1. The number of hydrogen-bond acceptors (Lipinski definition) is 7. The van der Waals surface area contributed by atoms with Gasteiger partial charge in [-0.1, -0.05) is 0 Å². The summed E-state index contributed by atoms with van der Waals surface area (Å²) < 4.78 is 22.6. The molecule has 2 aliphatic heterocycles. The zero-order valence-corrected chi connectivity index (χ0v) is 17.2. The number of nitrogens with zero attached hydrogens (tertiary/aromatic N) is 2. The molecule has 2 saturated heterocycles. The summed E-state index contributed by atoms with van der Waals surface area (Å²) in [7, 11) is 0. The molecule has 0 N–H and O–H groups in total. The Balaban J connectivity index is 1.15. The summed E-state index contributed by atoms with van der Waals surface area (Å²) in [6.45, 7) is 2.92. The number of ether oxygens (including phenoxy) is 3. The van der Waals surface area contributed by atoms with Crippen LogP contribution in [0.4, 0.5) is 0 Å². The van der Waals surface area contributed by atoms with Crippen molar-refractivity contribution in [1.29, 1.82) is 0 Å². The molecule has 30 heavy (non-hydrogen) atoms. The number of carbonyl (C=O) groups is 1. The summed E-state index contributed by atoms with van der Waals surface area (Å²) >= 11 is 1.52. The second-order valence-electron chi connectivity index (χ2n) is 7.32. The van der Waals surface area contributed by atoms with Gasteiger partial charge in [0.15, 0.2) is 11.5 Å². The molecule has 156 valence electrons.